The summed E-state index contributed by atoms with van der Waals surface area (Å²) in [5.74, 6) is 0.691. The molecule has 0 amide bonds. The maximum atomic E-state index is 5.99. The molecule has 1 heterocycles. The Morgan fingerprint density at radius 2 is 1.71 bits per heavy atom. The summed E-state index contributed by atoms with van der Waals surface area (Å²) in [6.07, 6.45) is 2.31. The van der Waals surface area contributed by atoms with E-state index < -0.39 is 0 Å². The molecule has 0 atom stereocenters. The van der Waals surface area contributed by atoms with Gasteiger partial charge in [0.1, 0.15) is 0 Å². The van der Waals surface area contributed by atoms with Crippen LogP contribution >= 0.6 is 0 Å². The number of aliphatic imine (C=N–C) groups is 1. The van der Waals surface area contributed by atoms with Crippen molar-refractivity contribution < 1.29 is 0 Å². The van der Waals surface area contributed by atoms with Crippen LogP contribution in [0.25, 0.3) is 0 Å². The zero-order chi connectivity index (χ0) is 17.2. The highest BCUT2D eigenvalue weighted by molar-refractivity contribution is 5.77. The van der Waals surface area contributed by atoms with Gasteiger partial charge in [0.05, 0.1) is 0 Å². The number of rotatable bonds is 8. The summed E-state index contributed by atoms with van der Waals surface area (Å²) in [5, 5.41) is 0. The number of unbranched alkanes of at least 4 members (excludes halogenated alkanes) is 1. The normalized spacial score (nSPS) is 16.4. The van der Waals surface area contributed by atoms with Gasteiger partial charge in [0.25, 0.3) is 0 Å². The number of anilines is 1. The molecule has 2 rings (SSSR count). The molecule has 0 aromatic heterocycles. The molecular weight excluding hydrogens is 298 g/mol. The van der Waals surface area contributed by atoms with Gasteiger partial charge in [-0.3, -0.25) is 9.89 Å². The molecule has 1 aliphatic rings. The van der Waals surface area contributed by atoms with Crippen LogP contribution in [0.2, 0.25) is 0 Å². The van der Waals surface area contributed by atoms with E-state index in [2.05, 4.69) is 63.9 Å². The summed E-state index contributed by atoms with van der Waals surface area (Å²) >= 11 is 0. The Morgan fingerprint density at radius 3 is 2.33 bits per heavy atom. The summed E-state index contributed by atoms with van der Waals surface area (Å²) in [5.41, 5.74) is 7.34. The maximum absolute atomic E-state index is 5.99. The lowest BCUT2D eigenvalue weighted by Crippen LogP contribution is -2.46. The zero-order valence-corrected chi connectivity index (χ0v) is 15.3. The number of para-hydroxylation sites is 1. The lowest BCUT2D eigenvalue weighted by molar-refractivity contribution is 0.253. The maximum Gasteiger partial charge on any atom is 0.191 e. The summed E-state index contributed by atoms with van der Waals surface area (Å²) < 4.78 is 0. The third-order valence-corrected chi connectivity index (χ3v) is 4.74. The molecular formula is C19H33N5. The van der Waals surface area contributed by atoms with E-state index in [1.165, 1.54) is 18.7 Å². The second-order valence-corrected chi connectivity index (χ2v) is 6.28. The van der Waals surface area contributed by atoms with Gasteiger partial charge in [0.15, 0.2) is 5.96 Å². The van der Waals surface area contributed by atoms with Crippen LogP contribution in [0, 0.1) is 0 Å². The van der Waals surface area contributed by atoms with Crippen LogP contribution in [0.5, 0.6) is 0 Å². The quantitative estimate of drug-likeness (QED) is 0.451. The van der Waals surface area contributed by atoms with Gasteiger partial charge in [-0.15, -0.1) is 0 Å². The highest BCUT2D eigenvalue weighted by atomic mass is 15.3. The van der Waals surface area contributed by atoms with E-state index in [0.717, 1.165) is 52.2 Å². The van der Waals surface area contributed by atoms with Gasteiger partial charge in [-0.25, -0.2) is 0 Å². The Kier molecular flexibility index (Phi) is 7.89. The third-order valence-electron chi connectivity index (χ3n) is 4.74. The predicted molar refractivity (Wildman–Crippen MR) is 104 cm³/mol. The van der Waals surface area contributed by atoms with Crippen molar-refractivity contribution in [1.29, 1.82) is 0 Å². The fraction of sp³-hybridized carbons (Fsp3) is 0.632. The standard InChI is InChI=1S/C19H33N5/c1-3-23(4-2)19(20)21-12-8-9-13-22-14-16-24(17-15-22)18-10-6-5-7-11-18/h5-7,10-11H,3-4,8-9,12-17H2,1-2H3,(H2,20,21). The summed E-state index contributed by atoms with van der Waals surface area (Å²) in [6.45, 7) is 12.6. The number of hydrogen-bond donors (Lipinski definition) is 1. The van der Waals surface area contributed by atoms with Crippen LogP contribution in [-0.2, 0) is 0 Å². The molecule has 0 aliphatic carbocycles. The van der Waals surface area contributed by atoms with Crippen LogP contribution < -0.4 is 10.6 Å². The fourth-order valence-corrected chi connectivity index (χ4v) is 3.16. The minimum atomic E-state index is 0.691. The Bertz CT molecular complexity index is 476. The van der Waals surface area contributed by atoms with Crippen molar-refractivity contribution in [3.63, 3.8) is 0 Å². The second kappa shape index (κ2) is 10.2. The van der Waals surface area contributed by atoms with Crippen molar-refractivity contribution in [1.82, 2.24) is 9.80 Å². The SMILES string of the molecule is CCN(CC)C(N)=NCCCCN1CCN(c2ccccc2)CC1. The van der Waals surface area contributed by atoms with Crippen molar-refractivity contribution >= 4 is 11.6 Å². The van der Waals surface area contributed by atoms with E-state index in [0.29, 0.717) is 5.96 Å². The van der Waals surface area contributed by atoms with Gasteiger partial charge < -0.3 is 15.5 Å². The first-order valence-electron chi connectivity index (χ1n) is 9.31. The average Bonchev–Trinajstić information content (AvgIpc) is 2.64. The van der Waals surface area contributed by atoms with Gasteiger partial charge in [-0.2, -0.15) is 0 Å². The molecule has 5 heteroatoms. The molecule has 1 fully saturated rings. The Hall–Kier alpha value is -1.75. The van der Waals surface area contributed by atoms with Gasteiger partial charge in [0, 0.05) is 51.5 Å². The topological polar surface area (TPSA) is 48.1 Å². The molecule has 5 nitrogen and oxygen atoms in total. The Labute approximate surface area is 147 Å². The minimum Gasteiger partial charge on any atom is -0.370 e. The van der Waals surface area contributed by atoms with E-state index >= 15 is 0 Å². The van der Waals surface area contributed by atoms with Gasteiger partial charge in [-0.05, 0) is 45.4 Å². The molecule has 1 aromatic carbocycles. The summed E-state index contributed by atoms with van der Waals surface area (Å²) in [4.78, 5) is 11.6. The molecule has 1 aliphatic heterocycles. The van der Waals surface area contributed by atoms with Crippen LogP contribution in [0.1, 0.15) is 26.7 Å². The summed E-state index contributed by atoms with van der Waals surface area (Å²) in [7, 11) is 0. The van der Waals surface area contributed by atoms with Gasteiger partial charge in [0.2, 0.25) is 0 Å². The highest BCUT2D eigenvalue weighted by Crippen LogP contribution is 2.15. The first kappa shape index (κ1) is 18.6. The largest absolute Gasteiger partial charge is 0.370 e. The number of benzene rings is 1. The van der Waals surface area contributed by atoms with E-state index in [4.69, 9.17) is 5.73 Å². The van der Waals surface area contributed by atoms with Crippen LogP contribution in [-0.4, -0.2) is 68.1 Å². The smallest absolute Gasteiger partial charge is 0.191 e. The van der Waals surface area contributed by atoms with E-state index in [9.17, 15) is 0 Å². The van der Waals surface area contributed by atoms with Crippen LogP contribution in [0.15, 0.2) is 35.3 Å². The molecule has 0 unspecified atom stereocenters. The van der Waals surface area contributed by atoms with Gasteiger partial charge in [-0.1, -0.05) is 18.2 Å². The molecule has 0 bridgehead atoms. The molecule has 134 valence electrons. The zero-order valence-electron chi connectivity index (χ0n) is 15.3. The number of piperazine rings is 1. The van der Waals surface area contributed by atoms with Crippen molar-refractivity contribution in [3.8, 4) is 0 Å². The van der Waals surface area contributed by atoms with E-state index in [1.54, 1.807) is 0 Å². The monoisotopic (exact) mass is 331 g/mol. The lowest BCUT2D eigenvalue weighted by Gasteiger charge is -2.36. The number of nitrogens with two attached hydrogens (primary N) is 1. The van der Waals surface area contributed by atoms with Crippen LogP contribution in [0.4, 0.5) is 5.69 Å². The predicted octanol–water partition coefficient (Wildman–Crippen LogP) is 2.25. The number of guanidine groups is 1. The lowest BCUT2D eigenvalue weighted by atomic mass is 10.2. The van der Waals surface area contributed by atoms with Crippen molar-refractivity contribution in [2.75, 3.05) is 57.3 Å². The van der Waals surface area contributed by atoms with E-state index in [1.807, 2.05) is 0 Å². The van der Waals surface area contributed by atoms with Crippen LogP contribution in [0.3, 0.4) is 0 Å². The second-order valence-electron chi connectivity index (χ2n) is 6.28. The van der Waals surface area contributed by atoms with Crippen molar-refractivity contribution in [2.45, 2.75) is 26.7 Å². The van der Waals surface area contributed by atoms with E-state index in [-0.39, 0.29) is 0 Å². The Balaban J connectivity index is 1.60. The number of hydrogen-bond acceptors (Lipinski definition) is 3. The molecule has 0 radical (unpaired) electrons. The molecule has 2 N–H and O–H groups in total. The fourth-order valence-electron chi connectivity index (χ4n) is 3.16. The molecule has 1 aromatic rings. The first-order valence-corrected chi connectivity index (χ1v) is 9.31. The summed E-state index contributed by atoms with van der Waals surface area (Å²) in [6, 6.07) is 10.7. The Morgan fingerprint density at radius 1 is 1.04 bits per heavy atom. The first-order chi connectivity index (χ1) is 11.7. The molecule has 1 saturated heterocycles. The van der Waals surface area contributed by atoms with Gasteiger partial charge >= 0.3 is 0 Å². The molecule has 24 heavy (non-hydrogen) atoms. The molecule has 0 saturated carbocycles. The third kappa shape index (κ3) is 5.71. The minimum absolute atomic E-state index is 0.691. The van der Waals surface area contributed by atoms with Crippen molar-refractivity contribution in [2.24, 2.45) is 10.7 Å². The molecule has 0 spiro atoms. The highest BCUT2D eigenvalue weighted by Gasteiger charge is 2.16. The average molecular weight is 332 g/mol. The number of nitrogens with zero attached hydrogens (tertiary/aromatic N) is 4. The van der Waals surface area contributed by atoms with Crippen molar-refractivity contribution in [3.05, 3.63) is 30.3 Å².